The fourth-order valence-corrected chi connectivity index (χ4v) is 5.02. The number of aromatic nitrogens is 5. The first-order chi connectivity index (χ1) is 16.9. The summed E-state index contributed by atoms with van der Waals surface area (Å²) in [5.74, 6) is -1.09. The van der Waals surface area contributed by atoms with Crippen LogP contribution in [0.1, 0.15) is 22.8 Å². The molecule has 1 saturated heterocycles. The smallest absolute Gasteiger partial charge is 0.263 e. The van der Waals surface area contributed by atoms with E-state index in [2.05, 4.69) is 25.6 Å². The Bertz CT molecular complexity index is 1480. The second kappa shape index (κ2) is 7.65. The quantitative estimate of drug-likeness (QED) is 0.427. The van der Waals surface area contributed by atoms with Crippen LogP contribution in [0, 0.1) is 5.82 Å². The highest BCUT2D eigenvalue weighted by Crippen LogP contribution is 2.48. The van der Waals surface area contributed by atoms with E-state index in [1.54, 1.807) is 21.8 Å². The summed E-state index contributed by atoms with van der Waals surface area (Å²) in [6.45, 7) is 0.127. The first-order valence-corrected chi connectivity index (χ1v) is 10.8. The van der Waals surface area contributed by atoms with Crippen LogP contribution in [0.5, 0.6) is 5.75 Å². The molecule has 12 heteroatoms. The molecule has 0 bridgehead atoms. The van der Waals surface area contributed by atoms with Gasteiger partial charge < -0.3 is 15.3 Å². The van der Waals surface area contributed by atoms with Crippen molar-refractivity contribution >= 4 is 28.8 Å². The summed E-state index contributed by atoms with van der Waals surface area (Å²) in [6, 6.07) is 6.74. The molecule has 35 heavy (non-hydrogen) atoms. The summed E-state index contributed by atoms with van der Waals surface area (Å²) >= 11 is 0. The molecule has 0 amide bonds. The molecule has 6 rings (SSSR count). The SMILES string of the molecule is O=Cc1cnc2c(cnn2[C@H]2CN3c4cc(-c5cccc(F)c5O)nnc4NC[C@@]3(C(F)F)C2)c1. The van der Waals surface area contributed by atoms with E-state index in [1.165, 1.54) is 24.4 Å². The van der Waals surface area contributed by atoms with E-state index in [0.717, 1.165) is 6.07 Å². The zero-order valence-corrected chi connectivity index (χ0v) is 18.1. The fourth-order valence-electron chi connectivity index (χ4n) is 5.02. The Morgan fingerprint density at radius 3 is 2.89 bits per heavy atom. The molecule has 0 unspecified atom stereocenters. The summed E-state index contributed by atoms with van der Waals surface area (Å²) in [5, 5.41) is 26.3. The van der Waals surface area contributed by atoms with Crippen molar-refractivity contribution in [2.45, 2.75) is 24.4 Å². The third-order valence-electron chi connectivity index (χ3n) is 6.75. The Kier molecular flexibility index (Phi) is 4.66. The number of phenols is 1. The Morgan fingerprint density at radius 1 is 1.23 bits per heavy atom. The largest absolute Gasteiger partial charge is 0.504 e. The summed E-state index contributed by atoms with van der Waals surface area (Å²) < 4.78 is 44.8. The number of hydrogen-bond acceptors (Lipinski definition) is 8. The lowest BCUT2D eigenvalue weighted by Gasteiger charge is -2.43. The molecule has 1 fully saturated rings. The van der Waals surface area contributed by atoms with Crippen molar-refractivity contribution in [2.75, 3.05) is 23.3 Å². The molecule has 3 aromatic heterocycles. The highest BCUT2D eigenvalue weighted by Gasteiger charge is 2.55. The number of carbonyl (C=O) groups excluding carboxylic acids is 1. The predicted octanol–water partition coefficient (Wildman–Crippen LogP) is 3.43. The van der Waals surface area contributed by atoms with E-state index in [9.17, 15) is 23.1 Å². The van der Waals surface area contributed by atoms with Crippen molar-refractivity contribution in [3.05, 3.63) is 54.1 Å². The van der Waals surface area contributed by atoms with Gasteiger partial charge in [0.1, 0.15) is 5.54 Å². The summed E-state index contributed by atoms with van der Waals surface area (Å²) in [7, 11) is 0. The molecule has 9 nitrogen and oxygen atoms in total. The van der Waals surface area contributed by atoms with E-state index >= 15 is 0 Å². The Balaban J connectivity index is 1.43. The lowest BCUT2D eigenvalue weighted by atomic mass is 9.92. The number of aromatic hydroxyl groups is 1. The van der Waals surface area contributed by atoms with Crippen molar-refractivity contribution in [3.63, 3.8) is 0 Å². The number of para-hydroxylation sites is 1. The molecule has 2 atom stereocenters. The molecular weight excluding hydrogens is 463 g/mol. The lowest BCUT2D eigenvalue weighted by Crippen LogP contribution is -2.57. The van der Waals surface area contributed by atoms with Gasteiger partial charge in [-0.2, -0.15) is 5.10 Å². The molecule has 0 radical (unpaired) electrons. The van der Waals surface area contributed by atoms with Crippen molar-refractivity contribution in [1.82, 2.24) is 25.0 Å². The number of fused-ring (bicyclic) bond motifs is 4. The molecule has 2 aliphatic heterocycles. The molecule has 2 aliphatic rings. The van der Waals surface area contributed by atoms with Crippen LogP contribution < -0.4 is 10.2 Å². The molecule has 0 saturated carbocycles. The molecule has 0 spiro atoms. The summed E-state index contributed by atoms with van der Waals surface area (Å²) in [6.07, 6.45) is 1.04. The van der Waals surface area contributed by atoms with Crippen LogP contribution in [0.15, 0.2) is 42.7 Å². The average Bonchev–Trinajstić information content (AvgIpc) is 3.47. The van der Waals surface area contributed by atoms with Crippen LogP contribution in [0.4, 0.5) is 24.7 Å². The van der Waals surface area contributed by atoms with Crippen LogP contribution >= 0.6 is 0 Å². The first kappa shape index (κ1) is 21.3. The Morgan fingerprint density at radius 2 is 2.09 bits per heavy atom. The molecule has 4 aromatic rings. The monoisotopic (exact) mass is 481 g/mol. The van der Waals surface area contributed by atoms with Gasteiger partial charge in [-0.05, 0) is 24.3 Å². The number of halogens is 3. The predicted molar refractivity (Wildman–Crippen MR) is 120 cm³/mol. The van der Waals surface area contributed by atoms with Gasteiger partial charge in [-0.1, -0.05) is 6.07 Å². The number of benzene rings is 1. The Labute approximate surface area is 196 Å². The van der Waals surface area contributed by atoms with Gasteiger partial charge in [0.25, 0.3) is 6.43 Å². The zero-order chi connectivity index (χ0) is 24.3. The van der Waals surface area contributed by atoms with Crippen molar-refractivity contribution in [3.8, 4) is 17.0 Å². The number of rotatable bonds is 4. The third kappa shape index (κ3) is 3.12. The normalized spacial score (nSPS) is 21.1. The van der Waals surface area contributed by atoms with Gasteiger partial charge >= 0.3 is 0 Å². The van der Waals surface area contributed by atoms with Gasteiger partial charge in [-0.3, -0.25) is 4.79 Å². The number of nitrogens with zero attached hydrogens (tertiary/aromatic N) is 6. The summed E-state index contributed by atoms with van der Waals surface area (Å²) in [4.78, 5) is 17.0. The van der Waals surface area contributed by atoms with E-state index < -0.39 is 29.6 Å². The second-order valence-electron chi connectivity index (χ2n) is 8.71. The standard InChI is InChI=1S/C23H18F3N7O2/c24-16-3-1-2-15(19(16)35)17-5-18-20(31-30-17)28-11-23(22(25)26)6-14(9-32(18)23)33-21-13(8-29-33)4-12(10-34)7-27-21/h1-5,7-8,10,14,22,35H,6,9,11H2,(H,28,31)/t14-,23-/m1/s1. The molecule has 2 N–H and O–H groups in total. The maximum atomic E-state index is 14.6. The average molecular weight is 481 g/mol. The highest BCUT2D eigenvalue weighted by molar-refractivity contribution is 5.84. The van der Waals surface area contributed by atoms with Gasteiger partial charge in [0.2, 0.25) is 0 Å². The maximum absolute atomic E-state index is 14.6. The van der Waals surface area contributed by atoms with E-state index in [1.807, 2.05) is 0 Å². The zero-order valence-electron chi connectivity index (χ0n) is 18.1. The van der Waals surface area contributed by atoms with Gasteiger partial charge in [-0.25, -0.2) is 22.8 Å². The summed E-state index contributed by atoms with van der Waals surface area (Å²) in [5.41, 5.74) is -0.0178. The van der Waals surface area contributed by atoms with E-state index in [-0.39, 0.29) is 30.8 Å². The van der Waals surface area contributed by atoms with Gasteiger partial charge in [-0.15, -0.1) is 10.2 Å². The van der Waals surface area contributed by atoms with Crippen LogP contribution in [-0.4, -0.2) is 61.4 Å². The number of phenolic OH excluding ortho intramolecular Hbond substituents is 1. The van der Waals surface area contributed by atoms with Crippen LogP contribution in [-0.2, 0) is 0 Å². The van der Waals surface area contributed by atoms with Gasteiger partial charge in [0.05, 0.1) is 23.6 Å². The minimum atomic E-state index is -2.70. The topological polar surface area (TPSA) is 109 Å². The number of carbonyl (C=O) groups is 1. The Hall–Kier alpha value is -4.22. The van der Waals surface area contributed by atoms with Gasteiger partial charge in [0, 0.05) is 42.2 Å². The first-order valence-electron chi connectivity index (χ1n) is 10.8. The van der Waals surface area contributed by atoms with Crippen LogP contribution in [0.3, 0.4) is 0 Å². The van der Waals surface area contributed by atoms with Crippen molar-refractivity contribution in [1.29, 1.82) is 0 Å². The van der Waals surface area contributed by atoms with Crippen molar-refractivity contribution < 1.29 is 23.1 Å². The van der Waals surface area contributed by atoms with Crippen molar-refractivity contribution in [2.24, 2.45) is 0 Å². The second-order valence-corrected chi connectivity index (χ2v) is 8.71. The minimum Gasteiger partial charge on any atom is -0.504 e. The number of nitrogens with one attached hydrogen (secondary N) is 1. The molecule has 178 valence electrons. The molecule has 0 aliphatic carbocycles. The number of hydrogen-bond donors (Lipinski definition) is 2. The lowest BCUT2D eigenvalue weighted by molar-refractivity contribution is 0.0587. The fraction of sp³-hybridized carbons (Fsp3) is 0.261. The minimum absolute atomic E-state index is 0.0602. The third-order valence-corrected chi connectivity index (χ3v) is 6.75. The molecule has 5 heterocycles. The number of anilines is 2. The number of aldehydes is 1. The van der Waals surface area contributed by atoms with E-state index in [4.69, 9.17) is 0 Å². The maximum Gasteiger partial charge on any atom is 0.263 e. The van der Waals surface area contributed by atoms with Crippen LogP contribution in [0.25, 0.3) is 22.3 Å². The number of alkyl halides is 2. The number of pyridine rings is 1. The molecule has 1 aromatic carbocycles. The van der Waals surface area contributed by atoms with Gasteiger partial charge in [0.15, 0.2) is 29.3 Å². The van der Waals surface area contributed by atoms with Crippen LogP contribution in [0.2, 0.25) is 0 Å². The van der Waals surface area contributed by atoms with E-state index in [0.29, 0.717) is 34.4 Å². The highest BCUT2D eigenvalue weighted by atomic mass is 19.3. The molecular formula is C23H18F3N7O2.